The molecule has 0 saturated heterocycles. The van der Waals surface area contributed by atoms with Crippen molar-refractivity contribution >= 4 is 17.6 Å². The lowest BCUT2D eigenvalue weighted by molar-refractivity contribution is 0.00547. The van der Waals surface area contributed by atoms with E-state index in [0.29, 0.717) is 26.4 Å². The van der Waals surface area contributed by atoms with Gasteiger partial charge in [-0.25, -0.2) is 9.78 Å². The van der Waals surface area contributed by atoms with E-state index in [2.05, 4.69) is 9.97 Å². The van der Waals surface area contributed by atoms with Crippen molar-refractivity contribution in [1.29, 1.82) is 0 Å². The quantitative estimate of drug-likeness (QED) is 0.470. The Morgan fingerprint density at radius 2 is 1.75 bits per heavy atom. The number of hydrogen-bond acceptors (Lipinski definition) is 7. The molecular weight excluding hydrogens is 288 g/mol. The molecule has 20 heavy (non-hydrogen) atoms. The Morgan fingerprint density at radius 3 is 2.40 bits per heavy atom. The summed E-state index contributed by atoms with van der Waals surface area (Å²) in [4.78, 5) is 19.1. The van der Waals surface area contributed by atoms with E-state index in [1.807, 2.05) is 0 Å². The summed E-state index contributed by atoms with van der Waals surface area (Å²) >= 11 is 5.61. The molecule has 1 aromatic heterocycles. The van der Waals surface area contributed by atoms with E-state index in [9.17, 15) is 4.79 Å². The van der Waals surface area contributed by atoms with Crippen molar-refractivity contribution in [2.24, 2.45) is 0 Å². The minimum atomic E-state index is -0.583. The number of methoxy groups -OCH3 is 1. The van der Waals surface area contributed by atoms with Crippen molar-refractivity contribution in [1.82, 2.24) is 9.97 Å². The summed E-state index contributed by atoms with van der Waals surface area (Å²) in [6.07, 6.45) is 2.63. The maximum Gasteiger partial charge on any atom is 0.358 e. The summed E-state index contributed by atoms with van der Waals surface area (Å²) in [6.45, 7) is 2.40. The highest BCUT2D eigenvalue weighted by Crippen LogP contribution is 2.03. The van der Waals surface area contributed by atoms with Crippen LogP contribution in [0.2, 0.25) is 5.15 Å². The first-order valence-corrected chi connectivity index (χ1v) is 6.41. The third kappa shape index (κ3) is 7.34. The summed E-state index contributed by atoms with van der Waals surface area (Å²) in [5.41, 5.74) is 0.0698. The lowest BCUT2D eigenvalue weighted by Crippen LogP contribution is -2.14. The van der Waals surface area contributed by atoms with E-state index in [1.165, 1.54) is 12.4 Å². The Bertz CT molecular complexity index is 405. The van der Waals surface area contributed by atoms with Crippen molar-refractivity contribution in [3.8, 4) is 0 Å². The van der Waals surface area contributed by atoms with E-state index in [0.717, 1.165) is 0 Å². The zero-order valence-electron chi connectivity index (χ0n) is 11.2. The second-order valence-corrected chi connectivity index (χ2v) is 3.97. The lowest BCUT2D eigenvalue weighted by Gasteiger charge is -2.06. The number of carbonyl (C=O) groups excluding carboxylic acids is 1. The number of nitrogens with zero attached hydrogens (tertiary/aromatic N) is 2. The van der Waals surface area contributed by atoms with Crippen molar-refractivity contribution in [2.75, 3.05) is 46.8 Å². The minimum absolute atomic E-state index is 0.0698. The molecule has 0 bridgehead atoms. The number of esters is 1. The molecule has 0 atom stereocenters. The fourth-order valence-electron chi connectivity index (χ4n) is 1.17. The molecule has 0 fully saturated rings. The summed E-state index contributed by atoms with van der Waals surface area (Å²) in [5, 5.41) is 0.143. The summed E-state index contributed by atoms with van der Waals surface area (Å²) in [7, 11) is 1.61. The predicted molar refractivity (Wildman–Crippen MR) is 70.8 cm³/mol. The molecule has 0 radical (unpaired) electrons. The highest BCUT2D eigenvalue weighted by Gasteiger charge is 2.09. The van der Waals surface area contributed by atoms with Crippen molar-refractivity contribution in [3.63, 3.8) is 0 Å². The standard InChI is InChI=1S/C12H17ClN2O5/c1-17-2-3-18-4-5-19-6-7-20-12(16)10-8-14-9-11(13)15-10/h8-9H,2-7H2,1H3. The summed E-state index contributed by atoms with van der Waals surface area (Å²) < 4.78 is 20.2. The van der Waals surface area contributed by atoms with Crippen LogP contribution in [0.1, 0.15) is 10.5 Å². The first kappa shape index (κ1) is 16.8. The van der Waals surface area contributed by atoms with E-state index in [1.54, 1.807) is 7.11 Å². The lowest BCUT2D eigenvalue weighted by atomic mass is 10.4. The van der Waals surface area contributed by atoms with Crippen LogP contribution in [0.4, 0.5) is 0 Å². The van der Waals surface area contributed by atoms with Crippen molar-refractivity contribution in [2.45, 2.75) is 0 Å². The van der Waals surface area contributed by atoms with Gasteiger partial charge in [-0.2, -0.15) is 0 Å². The molecule has 1 aromatic rings. The smallest absolute Gasteiger partial charge is 0.358 e. The van der Waals surface area contributed by atoms with Crippen LogP contribution in [-0.2, 0) is 18.9 Å². The molecule has 0 unspecified atom stereocenters. The predicted octanol–water partition coefficient (Wildman–Crippen LogP) is 0.966. The van der Waals surface area contributed by atoms with Gasteiger partial charge in [0, 0.05) is 7.11 Å². The second kappa shape index (κ2) is 10.5. The number of hydrogen-bond donors (Lipinski definition) is 0. The van der Waals surface area contributed by atoms with Crippen LogP contribution in [0.3, 0.4) is 0 Å². The van der Waals surface area contributed by atoms with Gasteiger partial charge in [-0.1, -0.05) is 11.6 Å². The van der Waals surface area contributed by atoms with Crippen LogP contribution in [0.25, 0.3) is 0 Å². The first-order chi connectivity index (χ1) is 9.74. The number of aromatic nitrogens is 2. The fraction of sp³-hybridized carbons (Fsp3) is 0.583. The van der Waals surface area contributed by atoms with Crippen LogP contribution in [0.5, 0.6) is 0 Å². The Kier molecular flexibility index (Phi) is 8.81. The zero-order valence-corrected chi connectivity index (χ0v) is 12.0. The molecule has 0 aromatic carbocycles. The Morgan fingerprint density at radius 1 is 1.10 bits per heavy atom. The highest BCUT2D eigenvalue weighted by atomic mass is 35.5. The third-order valence-corrected chi connectivity index (χ3v) is 2.26. The number of ether oxygens (including phenoxy) is 4. The molecule has 0 aliphatic carbocycles. The molecule has 1 rings (SSSR count). The molecule has 0 spiro atoms. The second-order valence-electron chi connectivity index (χ2n) is 3.58. The highest BCUT2D eigenvalue weighted by molar-refractivity contribution is 6.29. The normalized spacial score (nSPS) is 10.5. The van der Waals surface area contributed by atoms with E-state index in [4.69, 9.17) is 30.5 Å². The van der Waals surface area contributed by atoms with Gasteiger partial charge >= 0.3 is 5.97 Å². The molecule has 0 aliphatic rings. The third-order valence-electron chi connectivity index (χ3n) is 2.08. The SMILES string of the molecule is COCCOCCOCCOC(=O)c1cncc(Cl)n1. The molecule has 0 aliphatic heterocycles. The molecule has 0 N–H and O–H groups in total. The number of carbonyl (C=O) groups is 1. The van der Waals surface area contributed by atoms with Gasteiger partial charge in [0.25, 0.3) is 0 Å². The molecule has 8 heteroatoms. The van der Waals surface area contributed by atoms with Crippen LogP contribution in [0, 0.1) is 0 Å². The van der Waals surface area contributed by atoms with Gasteiger partial charge in [0.05, 0.1) is 45.4 Å². The monoisotopic (exact) mass is 304 g/mol. The van der Waals surface area contributed by atoms with Crippen LogP contribution in [-0.4, -0.2) is 62.7 Å². The van der Waals surface area contributed by atoms with Gasteiger partial charge in [0.2, 0.25) is 0 Å². The fourth-order valence-corrected chi connectivity index (χ4v) is 1.32. The maximum atomic E-state index is 11.5. The van der Waals surface area contributed by atoms with Crippen molar-refractivity contribution < 1.29 is 23.7 Å². The van der Waals surface area contributed by atoms with E-state index < -0.39 is 5.97 Å². The summed E-state index contributed by atoms with van der Waals surface area (Å²) in [5.74, 6) is -0.583. The van der Waals surface area contributed by atoms with Gasteiger partial charge < -0.3 is 18.9 Å². The first-order valence-electron chi connectivity index (χ1n) is 6.03. The number of rotatable bonds is 10. The van der Waals surface area contributed by atoms with Crippen molar-refractivity contribution in [3.05, 3.63) is 23.2 Å². The Labute approximate surface area is 122 Å². The van der Waals surface area contributed by atoms with Gasteiger partial charge in [-0.05, 0) is 0 Å². The average molecular weight is 305 g/mol. The summed E-state index contributed by atoms with van der Waals surface area (Å²) in [6, 6.07) is 0. The molecule has 0 amide bonds. The minimum Gasteiger partial charge on any atom is -0.458 e. The van der Waals surface area contributed by atoms with Gasteiger partial charge in [-0.15, -0.1) is 0 Å². The molecule has 112 valence electrons. The molecule has 0 saturated carbocycles. The number of halogens is 1. The molecule has 1 heterocycles. The van der Waals surface area contributed by atoms with Gasteiger partial charge in [-0.3, -0.25) is 4.98 Å². The van der Waals surface area contributed by atoms with E-state index >= 15 is 0 Å². The molecular formula is C12H17ClN2O5. The average Bonchev–Trinajstić information content (AvgIpc) is 2.45. The van der Waals surface area contributed by atoms with Crippen LogP contribution >= 0.6 is 11.6 Å². The largest absolute Gasteiger partial charge is 0.458 e. The zero-order chi connectivity index (χ0) is 14.6. The Balaban J connectivity index is 2.02. The van der Waals surface area contributed by atoms with Crippen LogP contribution in [0.15, 0.2) is 12.4 Å². The molecule has 7 nitrogen and oxygen atoms in total. The van der Waals surface area contributed by atoms with Crippen LogP contribution < -0.4 is 0 Å². The topological polar surface area (TPSA) is 79.8 Å². The van der Waals surface area contributed by atoms with Gasteiger partial charge in [0.15, 0.2) is 5.69 Å². The Hall–Kier alpha value is -1.28. The maximum absolute atomic E-state index is 11.5. The van der Waals surface area contributed by atoms with E-state index in [-0.39, 0.29) is 24.1 Å². The van der Waals surface area contributed by atoms with Gasteiger partial charge in [0.1, 0.15) is 11.8 Å².